The summed E-state index contributed by atoms with van der Waals surface area (Å²) in [6.45, 7) is 1.70. The second-order valence-corrected chi connectivity index (χ2v) is 9.07. The third-order valence-corrected chi connectivity index (χ3v) is 6.47. The smallest absolute Gasteiger partial charge is 0.291 e. The lowest BCUT2D eigenvalue weighted by Crippen LogP contribution is -2.11. The molecule has 11 heteroatoms. The minimum atomic E-state index is -2.99. The number of fused-ring (bicyclic) bond motifs is 1. The van der Waals surface area contributed by atoms with E-state index in [4.69, 9.17) is 4.42 Å². The third-order valence-electron chi connectivity index (χ3n) is 5.40. The van der Waals surface area contributed by atoms with Gasteiger partial charge >= 0.3 is 0 Å². The van der Waals surface area contributed by atoms with Crippen LogP contribution in [0.4, 0.5) is 23.2 Å². The predicted molar refractivity (Wildman–Crippen MR) is 128 cm³/mol. The zero-order chi connectivity index (χ0) is 25.4. The van der Waals surface area contributed by atoms with Gasteiger partial charge in [-0.2, -0.15) is 5.10 Å². The minimum absolute atomic E-state index is 0.0598. The van der Waals surface area contributed by atoms with E-state index in [2.05, 4.69) is 21.5 Å². The van der Waals surface area contributed by atoms with Crippen LogP contribution >= 0.6 is 11.3 Å². The summed E-state index contributed by atoms with van der Waals surface area (Å²) < 4.78 is 59.4. The zero-order valence-corrected chi connectivity index (χ0v) is 19.5. The van der Waals surface area contributed by atoms with Crippen molar-refractivity contribution in [1.82, 2.24) is 14.8 Å². The van der Waals surface area contributed by atoms with Gasteiger partial charge in [0.15, 0.2) is 5.76 Å². The number of carbonyl (C=O) groups is 1. The predicted octanol–water partition coefficient (Wildman–Crippen LogP) is 7.24. The Morgan fingerprint density at radius 3 is 2.53 bits per heavy atom. The number of hydrogen-bond acceptors (Lipinski definition) is 5. The van der Waals surface area contributed by atoms with E-state index in [1.807, 2.05) is 31.2 Å². The van der Waals surface area contributed by atoms with Crippen LogP contribution in [0, 0.1) is 6.92 Å². The molecular formula is C25H18F4N4O2S. The van der Waals surface area contributed by atoms with Gasteiger partial charge in [-0.15, -0.1) is 11.3 Å². The molecule has 6 nitrogen and oxygen atoms in total. The minimum Gasteiger partial charge on any atom is -0.454 e. The molecule has 0 saturated heterocycles. The van der Waals surface area contributed by atoms with E-state index in [0.29, 0.717) is 11.8 Å². The largest absolute Gasteiger partial charge is 0.454 e. The zero-order valence-electron chi connectivity index (χ0n) is 18.7. The number of alkyl halides is 4. The molecule has 0 saturated carbocycles. The molecule has 2 aromatic carbocycles. The summed E-state index contributed by atoms with van der Waals surface area (Å²) in [5.41, 5.74) is 2.11. The number of rotatable bonds is 7. The van der Waals surface area contributed by atoms with Crippen molar-refractivity contribution in [2.75, 3.05) is 5.32 Å². The summed E-state index contributed by atoms with van der Waals surface area (Å²) in [5, 5.41) is 7.09. The molecule has 0 aliphatic carbocycles. The first kappa shape index (κ1) is 23.7. The number of halogens is 4. The van der Waals surface area contributed by atoms with Crippen LogP contribution in [0.25, 0.3) is 20.8 Å². The van der Waals surface area contributed by atoms with Crippen molar-refractivity contribution in [3.8, 4) is 10.6 Å². The summed E-state index contributed by atoms with van der Waals surface area (Å²) in [6.07, 6.45) is -5.97. The van der Waals surface area contributed by atoms with Crippen LogP contribution in [-0.2, 0) is 6.54 Å². The molecule has 0 atom stereocenters. The van der Waals surface area contributed by atoms with Crippen molar-refractivity contribution in [1.29, 1.82) is 0 Å². The van der Waals surface area contributed by atoms with Crippen LogP contribution in [0.15, 0.2) is 65.1 Å². The molecule has 0 aliphatic rings. The fourth-order valence-corrected chi connectivity index (χ4v) is 4.71. The molecular weight excluding hydrogens is 496 g/mol. The fourth-order valence-electron chi connectivity index (χ4n) is 3.64. The van der Waals surface area contributed by atoms with E-state index < -0.39 is 30.1 Å². The van der Waals surface area contributed by atoms with Crippen molar-refractivity contribution in [2.24, 2.45) is 0 Å². The molecule has 36 heavy (non-hydrogen) atoms. The van der Waals surface area contributed by atoms with Gasteiger partial charge in [0.2, 0.25) is 0 Å². The quantitative estimate of drug-likeness (QED) is 0.233. The van der Waals surface area contributed by atoms with Crippen LogP contribution in [0.3, 0.4) is 0 Å². The maximum absolute atomic E-state index is 13.2. The topological polar surface area (TPSA) is 73.0 Å². The summed E-state index contributed by atoms with van der Waals surface area (Å²) >= 11 is 1.58. The van der Waals surface area contributed by atoms with Gasteiger partial charge in [0.05, 0.1) is 16.8 Å². The number of furan rings is 1. The highest BCUT2D eigenvalue weighted by molar-refractivity contribution is 7.21. The van der Waals surface area contributed by atoms with Crippen molar-refractivity contribution in [3.05, 3.63) is 89.1 Å². The molecule has 1 N–H and O–H groups in total. The molecule has 0 radical (unpaired) electrons. The van der Waals surface area contributed by atoms with Crippen molar-refractivity contribution >= 4 is 33.1 Å². The summed E-state index contributed by atoms with van der Waals surface area (Å²) in [6, 6.07) is 16.7. The number of aryl methyl sites for hydroxylation is 1. The number of anilines is 1. The van der Waals surface area contributed by atoms with Crippen molar-refractivity contribution < 1.29 is 26.8 Å². The Balaban J connectivity index is 1.27. The Morgan fingerprint density at radius 1 is 1.03 bits per heavy atom. The van der Waals surface area contributed by atoms with E-state index in [0.717, 1.165) is 31.0 Å². The number of benzene rings is 2. The lowest BCUT2D eigenvalue weighted by molar-refractivity contribution is 0.0994. The highest BCUT2D eigenvalue weighted by Gasteiger charge is 2.22. The maximum Gasteiger partial charge on any atom is 0.291 e. The number of hydrogen-bond donors (Lipinski definition) is 1. The van der Waals surface area contributed by atoms with Crippen LogP contribution in [-0.4, -0.2) is 20.7 Å². The Morgan fingerprint density at radius 2 is 1.81 bits per heavy atom. The Hall–Kier alpha value is -3.99. The molecule has 0 unspecified atom stereocenters. The Labute approximate surface area is 206 Å². The average Bonchev–Trinajstić information content (AvgIpc) is 3.58. The highest BCUT2D eigenvalue weighted by Crippen LogP contribution is 2.31. The lowest BCUT2D eigenvalue weighted by Gasteiger charge is -2.05. The first-order valence-electron chi connectivity index (χ1n) is 10.8. The number of nitrogens with zero attached hydrogens (tertiary/aromatic N) is 3. The monoisotopic (exact) mass is 514 g/mol. The van der Waals surface area contributed by atoms with Crippen molar-refractivity contribution in [2.45, 2.75) is 26.3 Å². The average molecular weight is 515 g/mol. The van der Waals surface area contributed by atoms with E-state index in [1.54, 1.807) is 23.5 Å². The van der Waals surface area contributed by atoms with Gasteiger partial charge < -0.3 is 9.73 Å². The molecule has 5 aromatic rings. The van der Waals surface area contributed by atoms with Gasteiger partial charge in [-0.25, -0.2) is 22.5 Å². The van der Waals surface area contributed by atoms with Crippen molar-refractivity contribution in [3.63, 3.8) is 0 Å². The first-order valence-corrected chi connectivity index (χ1v) is 11.6. The molecule has 3 heterocycles. The number of aromatic nitrogens is 3. The molecule has 3 aromatic heterocycles. The normalized spacial score (nSPS) is 11.6. The number of carbonyl (C=O) groups excluding carboxylic acids is 1. The van der Waals surface area contributed by atoms with Gasteiger partial charge in [-0.1, -0.05) is 6.07 Å². The molecule has 5 rings (SSSR count). The second-order valence-electron chi connectivity index (χ2n) is 8.04. The lowest BCUT2D eigenvalue weighted by atomic mass is 10.2. The van der Waals surface area contributed by atoms with Gasteiger partial charge in [-0.3, -0.25) is 9.48 Å². The van der Waals surface area contributed by atoms with Crippen LogP contribution in [0.2, 0.25) is 0 Å². The SMILES string of the molecule is Cc1ccc2nc(-c3ccc(NC(=O)c4ccc(Cn5nc(C(F)F)cc5C(F)F)o4)cc3)sc2c1. The van der Waals surface area contributed by atoms with Crippen LogP contribution in [0.1, 0.15) is 46.1 Å². The summed E-state index contributed by atoms with van der Waals surface area (Å²) in [4.78, 5) is 17.2. The van der Waals surface area contributed by atoms with E-state index >= 15 is 0 Å². The Bertz CT molecular complexity index is 1540. The maximum atomic E-state index is 13.2. The van der Waals surface area contributed by atoms with Crippen LogP contribution in [0.5, 0.6) is 0 Å². The van der Waals surface area contributed by atoms with E-state index in [9.17, 15) is 22.4 Å². The Kier molecular flexibility index (Phi) is 6.31. The number of nitrogens with one attached hydrogen (secondary N) is 1. The number of amides is 1. The molecule has 0 spiro atoms. The molecule has 1 amide bonds. The van der Waals surface area contributed by atoms with E-state index in [1.165, 1.54) is 12.1 Å². The van der Waals surface area contributed by atoms with Gasteiger partial charge in [0, 0.05) is 11.3 Å². The fraction of sp³-hybridized carbons (Fsp3) is 0.160. The third kappa shape index (κ3) is 4.87. The first-order chi connectivity index (χ1) is 17.3. The van der Waals surface area contributed by atoms with Gasteiger partial charge in [0.25, 0.3) is 18.8 Å². The molecule has 0 aliphatic heterocycles. The molecule has 184 valence electrons. The van der Waals surface area contributed by atoms with E-state index in [-0.39, 0.29) is 18.1 Å². The highest BCUT2D eigenvalue weighted by atomic mass is 32.1. The standard InChI is InChI=1S/C25H18F4N4O2S/c1-13-2-8-17-21(10-13)36-25(31-17)14-3-5-15(6-4-14)30-24(34)20-9-7-16(35-20)12-33-19(23(28)29)11-18(32-33)22(26)27/h2-11,22-23H,12H2,1H3,(H,30,34). The number of thiazole rings is 1. The summed E-state index contributed by atoms with van der Waals surface area (Å²) in [7, 11) is 0. The summed E-state index contributed by atoms with van der Waals surface area (Å²) in [5.74, 6) is -0.491. The molecule has 0 fully saturated rings. The van der Waals surface area contributed by atoms with Gasteiger partial charge in [0.1, 0.15) is 22.2 Å². The van der Waals surface area contributed by atoms with Crippen LogP contribution < -0.4 is 5.32 Å². The molecule has 0 bridgehead atoms. The van der Waals surface area contributed by atoms with Gasteiger partial charge in [-0.05, 0) is 67.1 Å². The second kappa shape index (κ2) is 9.57.